The maximum Gasteiger partial charge on any atom is 0.219 e. The van der Waals surface area contributed by atoms with Crippen LogP contribution in [0.3, 0.4) is 0 Å². The van der Waals surface area contributed by atoms with Gasteiger partial charge in [-0.1, -0.05) is 41.9 Å². The van der Waals surface area contributed by atoms with E-state index in [4.69, 9.17) is 11.6 Å². The first-order valence-electron chi connectivity index (χ1n) is 6.79. The molecule has 0 aliphatic rings. The number of carbonyl (C=O) groups is 1. The first-order chi connectivity index (χ1) is 10.1. The van der Waals surface area contributed by atoms with Crippen LogP contribution in [0.4, 0.5) is 4.39 Å². The van der Waals surface area contributed by atoms with Crippen LogP contribution in [0, 0.1) is 5.82 Å². The van der Waals surface area contributed by atoms with Crippen molar-refractivity contribution in [2.75, 3.05) is 6.54 Å². The standard InChI is InChI=1S/C17H17ClFNO/c1-13(21)20(12-15-4-2-3-5-17(15)18)11-10-14-6-8-16(19)9-7-14/h2-9H,10-12H2,1H3. The fraction of sp³-hybridized carbons (Fsp3) is 0.235. The Morgan fingerprint density at radius 2 is 1.81 bits per heavy atom. The van der Waals surface area contributed by atoms with Crippen LogP contribution in [-0.2, 0) is 17.8 Å². The van der Waals surface area contributed by atoms with Gasteiger partial charge in [0.25, 0.3) is 0 Å². The van der Waals surface area contributed by atoms with E-state index in [1.807, 2.05) is 24.3 Å². The minimum Gasteiger partial charge on any atom is -0.338 e. The van der Waals surface area contributed by atoms with Crippen molar-refractivity contribution in [1.82, 2.24) is 4.90 Å². The summed E-state index contributed by atoms with van der Waals surface area (Å²) < 4.78 is 12.9. The van der Waals surface area contributed by atoms with Gasteiger partial charge in [-0.15, -0.1) is 0 Å². The van der Waals surface area contributed by atoms with Crippen LogP contribution in [0.25, 0.3) is 0 Å². The normalized spacial score (nSPS) is 10.4. The molecule has 0 aliphatic heterocycles. The molecular formula is C17H17ClFNO. The van der Waals surface area contributed by atoms with Crippen LogP contribution >= 0.6 is 11.6 Å². The summed E-state index contributed by atoms with van der Waals surface area (Å²) in [6.45, 7) is 2.60. The zero-order valence-corrected chi connectivity index (χ0v) is 12.6. The first kappa shape index (κ1) is 15.5. The Bertz CT molecular complexity index is 612. The van der Waals surface area contributed by atoms with Gasteiger partial charge >= 0.3 is 0 Å². The Morgan fingerprint density at radius 1 is 1.14 bits per heavy atom. The molecule has 2 nitrogen and oxygen atoms in total. The summed E-state index contributed by atoms with van der Waals surface area (Å²) in [7, 11) is 0. The fourth-order valence-electron chi connectivity index (χ4n) is 2.10. The smallest absolute Gasteiger partial charge is 0.219 e. The van der Waals surface area contributed by atoms with Gasteiger partial charge in [-0.2, -0.15) is 0 Å². The highest BCUT2D eigenvalue weighted by Crippen LogP contribution is 2.17. The summed E-state index contributed by atoms with van der Waals surface area (Å²) >= 11 is 6.13. The van der Waals surface area contributed by atoms with Crippen LogP contribution in [0.2, 0.25) is 5.02 Å². The molecule has 0 aliphatic carbocycles. The molecule has 4 heteroatoms. The van der Waals surface area contributed by atoms with Crippen molar-refractivity contribution in [2.45, 2.75) is 19.9 Å². The number of halogens is 2. The number of rotatable bonds is 5. The summed E-state index contributed by atoms with van der Waals surface area (Å²) in [5, 5.41) is 0.658. The van der Waals surface area contributed by atoms with Crippen molar-refractivity contribution in [3.05, 3.63) is 70.5 Å². The van der Waals surface area contributed by atoms with Gasteiger partial charge in [0.1, 0.15) is 5.82 Å². The molecule has 0 N–H and O–H groups in total. The summed E-state index contributed by atoms with van der Waals surface area (Å²) in [6.07, 6.45) is 0.685. The molecule has 110 valence electrons. The van der Waals surface area contributed by atoms with E-state index in [0.29, 0.717) is 24.5 Å². The highest BCUT2D eigenvalue weighted by atomic mass is 35.5. The summed E-state index contributed by atoms with van der Waals surface area (Å²) in [5.74, 6) is -0.254. The second-order valence-electron chi connectivity index (χ2n) is 4.91. The van der Waals surface area contributed by atoms with E-state index < -0.39 is 0 Å². The molecule has 2 aromatic rings. The number of hydrogen-bond donors (Lipinski definition) is 0. The second kappa shape index (κ2) is 7.23. The van der Waals surface area contributed by atoms with E-state index in [9.17, 15) is 9.18 Å². The van der Waals surface area contributed by atoms with Crippen molar-refractivity contribution in [2.24, 2.45) is 0 Å². The van der Waals surface area contributed by atoms with E-state index in [0.717, 1.165) is 11.1 Å². The van der Waals surface area contributed by atoms with Crippen molar-refractivity contribution in [3.8, 4) is 0 Å². The molecule has 2 rings (SSSR count). The average molecular weight is 306 g/mol. The monoisotopic (exact) mass is 305 g/mol. The number of nitrogens with zero attached hydrogens (tertiary/aromatic N) is 1. The van der Waals surface area contributed by atoms with Crippen molar-refractivity contribution < 1.29 is 9.18 Å². The van der Waals surface area contributed by atoms with E-state index in [-0.39, 0.29) is 11.7 Å². The average Bonchev–Trinajstić information content (AvgIpc) is 2.46. The Balaban J connectivity index is 2.01. The Labute approximate surface area is 129 Å². The third-order valence-corrected chi connectivity index (χ3v) is 3.72. The Kier molecular flexibility index (Phi) is 5.34. The molecule has 0 saturated carbocycles. The van der Waals surface area contributed by atoms with E-state index in [1.165, 1.54) is 12.1 Å². The van der Waals surface area contributed by atoms with Gasteiger partial charge in [-0.25, -0.2) is 4.39 Å². The highest BCUT2D eigenvalue weighted by molar-refractivity contribution is 6.31. The quantitative estimate of drug-likeness (QED) is 0.815. The molecular weight excluding hydrogens is 289 g/mol. The Morgan fingerprint density at radius 3 is 2.43 bits per heavy atom. The lowest BCUT2D eigenvalue weighted by molar-refractivity contribution is -0.129. The molecule has 0 bridgehead atoms. The third-order valence-electron chi connectivity index (χ3n) is 3.35. The zero-order valence-electron chi connectivity index (χ0n) is 11.9. The molecule has 0 unspecified atom stereocenters. The predicted octanol–water partition coefficient (Wildman–Crippen LogP) is 4.07. The predicted molar refractivity (Wildman–Crippen MR) is 82.6 cm³/mol. The molecule has 0 aromatic heterocycles. The lowest BCUT2D eigenvalue weighted by atomic mass is 10.1. The number of hydrogen-bond acceptors (Lipinski definition) is 1. The highest BCUT2D eigenvalue weighted by Gasteiger charge is 2.11. The van der Waals surface area contributed by atoms with Gasteiger partial charge in [0.05, 0.1) is 0 Å². The Hall–Kier alpha value is -1.87. The molecule has 0 atom stereocenters. The molecule has 0 heterocycles. The summed E-state index contributed by atoms with van der Waals surface area (Å²) in [5.41, 5.74) is 1.93. The van der Waals surface area contributed by atoms with Gasteiger partial charge < -0.3 is 4.90 Å². The van der Waals surface area contributed by atoms with Crippen LogP contribution in [0.1, 0.15) is 18.1 Å². The minimum atomic E-state index is -0.252. The van der Waals surface area contributed by atoms with E-state index in [1.54, 1.807) is 24.0 Å². The maximum atomic E-state index is 12.9. The molecule has 0 spiro atoms. The molecule has 0 saturated heterocycles. The molecule has 0 radical (unpaired) electrons. The van der Waals surface area contributed by atoms with Crippen molar-refractivity contribution in [1.29, 1.82) is 0 Å². The third kappa shape index (κ3) is 4.57. The second-order valence-corrected chi connectivity index (χ2v) is 5.32. The topological polar surface area (TPSA) is 20.3 Å². The molecule has 21 heavy (non-hydrogen) atoms. The van der Waals surface area contributed by atoms with Crippen LogP contribution in [0.5, 0.6) is 0 Å². The van der Waals surface area contributed by atoms with Gasteiger partial charge in [0.15, 0.2) is 0 Å². The summed E-state index contributed by atoms with van der Waals surface area (Å²) in [4.78, 5) is 13.5. The van der Waals surface area contributed by atoms with Crippen molar-refractivity contribution in [3.63, 3.8) is 0 Å². The molecule has 0 fully saturated rings. The van der Waals surface area contributed by atoms with Gasteiger partial charge in [-0.3, -0.25) is 4.79 Å². The number of carbonyl (C=O) groups excluding carboxylic acids is 1. The van der Waals surface area contributed by atoms with Crippen molar-refractivity contribution >= 4 is 17.5 Å². The first-order valence-corrected chi connectivity index (χ1v) is 7.17. The fourth-order valence-corrected chi connectivity index (χ4v) is 2.29. The minimum absolute atomic E-state index is 0.00275. The van der Waals surface area contributed by atoms with Gasteiger partial charge in [0, 0.05) is 25.0 Å². The number of amides is 1. The zero-order chi connectivity index (χ0) is 15.2. The molecule has 1 amide bonds. The van der Waals surface area contributed by atoms with Crippen LogP contribution < -0.4 is 0 Å². The largest absolute Gasteiger partial charge is 0.338 e. The molecule has 2 aromatic carbocycles. The number of benzene rings is 2. The lowest BCUT2D eigenvalue weighted by Gasteiger charge is -2.21. The SMILES string of the molecule is CC(=O)N(CCc1ccc(F)cc1)Cc1ccccc1Cl. The van der Waals surface area contributed by atoms with E-state index >= 15 is 0 Å². The van der Waals surface area contributed by atoms with Gasteiger partial charge in [-0.05, 0) is 35.7 Å². The van der Waals surface area contributed by atoms with Crippen LogP contribution in [0.15, 0.2) is 48.5 Å². The lowest BCUT2D eigenvalue weighted by Crippen LogP contribution is -2.30. The summed E-state index contributed by atoms with van der Waals surface area (Å²) in [6, 6.07) is 13.8. The van der Waals surface area contributed by atoms with Crippen LogP contribution in [-0.4, -0.2) is 17.4 Å². The maximum absolute atomic E-state index is 12.9. The van der Waals surface area contributed by atoms with Gasteiger partial charge in [0.2, 0.25) is 5.91 Å². The van der Waals surface area contributed by atoms with E-state index in [2.05, 4.69) is 0 Å².